The van der Waals surface area contributed by atoms with Gasteiger partial charge in [-0.2, -0.15) is 5.10 Å². The molecule has 35 heavy (non-hydrogen) atoms. The van der Waals surface area contributed by atoms with Crippen LogP contribution in [0.25, 0.3) is 0 Å². The molecule has 180 valence electrons. The topological polar surface area (TPSA) is 99.9 Å². The summed E-state index contributed by atoms with van der Waals surface area (Å²) >= 11 is 0. The number of hydrogen-bond acceptors (Lipinski definition) is 7. The van der Waals surface area contributed by atoms with E-state index in [2.05, 4.69) is 10.2 Å². The molecule has 9 nitrogen and oxygen atoms in total. The summed E-state index contributed by atoms with van der Waals surface area (Å²) in [6.07, 6.45) is 4.34. The Bertz CT molecular complexity index is 1450. The normalized spacial score (nSPS) is 21.0. The Morgan fingerprint density at radius 1 is 1.06 bits per heavy atom. The van der Waals surface area contributed by atoms with Crippen molar-refractivity contribution in [1.29, 1.82) is 0 Å². The number of fused-ring (bicyclic) bond motifs is 5. The molecule has 3 aromatic rings. The smallest absolute Gasteiger partial charge is 0.267 e. The number of nitrogens with zero attached hydrogens (tertiary/aromatic N) is 5. The van der Waals surface area contributed by atoms with Crippen LogP contribution in [0.5, 0.6) is 0 Å². The molecule has 2 aliphatic heterocycles. The molecule has 1 amide bonds. The number of anilines is 3. The van der Waals surface area contributed by atoms with Crippen molar-refractivity contribution in [2.24, 2.45) is 4.99 Å². The summed E-state index contributed by atoms with van der Waals surface area (Å²) in [5.41, 5.74) is 2.25. The maximum absolute atomic E-state index is 13.6. The van der Waals surface area contributed by atoms with Crippen LogP contribution in [0.2, 0.25) is 0 Å². The van der Waals surface area contributed by atoms with Crippen molar-refractivity contribution in [3.8, 4) is 0 Å². The first-order valence-electron chi connectivity index (χ1n) is 11.7. The fourth-order valence-electron chi connectivity index (χ4n) is 5.22. The maximum Gasteiger partial charge on any atom is 0.267 e. The fourth-order valence-corrected chi connectivity index (χ4v) is 5.85. The third-order valence-corrected chi connectivity index (χ3v) is 8.10. The first-order chi connectivity index (χ1) is 16.8. The number of para-hydroxylation sites is 1. The van der Waals surface area contributed by atoms with E-state index in [1.807, 2.05) is 30.3 Å². The summed E-state index contributed by atoms with van der Waals surface area (Å²) in [7, 11) is -1.51. The number of carbonyl (C=O) groups excluding carboxylic acids is 1. The van der Waals surface area contributed by atoms with E-state index in [1.165, 1.54) is 6.26 Å². The van der Waals surface area contributed by atoms with E-state index in [0.717, 1.165) is 30.5 Å². The van der Waals surface area contributed by atoms with Gasteiger partial charge in [-0.1, -0.05) is 30.3 Å². The summed E-state index contributed by atoms with van der Waals surface area (Å²) in [5.74, 6) is 1.76. The highest BCUT2D eigenvalue weighted by Gasteiger charge is 2.49. The van der Waals surface area contributed by atoms with Crippen molar-refractivity contribution in [1.82, 2.24) is 14.7 Å². The van der Waals surface area contributed by atoms with E-state index in [9.17, 15) is 13.2 Å². The summed E-state index contributed by atoms with van der Waals surface area (Å²) in [6.45, 7) is 0.373. The van der Waals surface area contributed by atoms with Crippen molar-refractivity contribution >= 4 is 39.0 Å². The van der Waals surface area contributed by atoms with E-state index in [1.54, 1.807) is 40.9 Å². The molecule has 10 heteroatoms. The zero-order valence-corrected chi connectivity index (χ0v) is 20.4. The zero-order chi connectivity index (χ0) is 24.3. The molecule has 0 bridgehead atoms. The zero-order valence-electron chi connectivity index (χ0n) is 19.5. The lowest BCUT2D eigenvalue weighted by molar-refractivity contribution is 0.0866. The van der Waals surface area contributed by atoms with Gasteiger partial charge in [0, 0.05) is 19.0 Å². The van der Waals surface area contributed by atoms with E-state index in [0.29, 0.717) is 29.7 Å². The van der Waals surface area contributed by atoms with E-state index < -0.39 is 9.84 Å². The number of carbonyl (C=O) groups is 1. The number of amides is 1. The summed E-state index contributed by atoms with van der Waals surface area (Å²) in [6, 6.07) is 16.9. The molecule has 2 atom stereocenters. The molecule has 0 spiro atoms. The largest absolute Gasteiger partial charge is 0.340 e. The summed E-state index contributed by atoms with van der Waals surface area (Å²) < 4.78 is 25.5. The number of aromatic nitrogens is 2. The van der Waals surface area contributed by atoms with E-state index in [-0.39, 0.29) is 22.9 Å². The van der Waals surface area contributed by atoms with Gasteiger partial charge in [0.05, 0.1) is 23.5 Å². The molecule has 0 saturated heterocycles. The quantitative estimate of drug-likeness (QED) is 0.589. The summed E-state index contributed by atoms with van der Waals surface area (Å²) in [5, 5.41) is 8.35. The Balaban J connectivity index is 1.46. The van der Waals surface area contributed by atoms with Crippen LogP contribution in [0, 0.1) is 0 Å². The molecular formula is C25H26N6O3S. The molecule has 0 radical (unpaired) electrons. The van der Waals surface area contributed by atoms with Gasteiger partial charge in [0.15, 0.2) is 15.7 Å². The Hall–Kier alpha value is -3.66. The minimum atomic E-state index is -3.28. The molecular weight excluding hydrogens is 464 g/mol. The molecule has 3 heterocycles. The number of benzene rings is 2. The van der Waals surface area contributed by atoms with E-state index >= 15 is 0 Å². The maximum atomic E-state index is 13.6. The molecule has 1 aromatic heterocycles. The molecule has 1 saturated carbocycles. The number of sulfone groups is 1. The molecule has 2 unspecified atom stereocenters. The van der Waals surface area contributed by atoms with Crippen LogP contribution in [0.3, 0.4) is 0 Å². The van der Waals surface area contributed by atoms with Gasteiger partial charge in [0.1, 0.15) is 11.4 Å². The van der Waals surface area contributed by atoms with Gasteiger partial charge in [-0.05, 0) is 49.1 Å². The molecule has 1 fully saturated rings. The average Bonchev–Trinajstić information content (AvgIpc) is 3.52. The lowest BCUT2D eigenvalue weighted by Crippen LogP contribution is -2.51. The summed E-state index contributed by atoms with van der Waals surface area (Å²) in [4.78, 5) is 22.5. The highest BCUT2D eigenvalue weighted by Crippen LogP contribution is 2.42. The molecule has 3 aliphatic rings. The highest BCUT2D eigenvalue weighted by molar-refractivity contribution is 7.90. The molecule has 1 N–H and O–H groups in total. The van der Waals surface area contributed by atoms with Gasteiger partial charge in [-0.15, -0.1) is 0 Å². The van der Waals surface area contributed by atoms with Crippen molar-refractivity contribution in [2.45, 2.75) is 42.8 Å². The second-order valence-electron chi connectivity index (χ2n) is 9.34. The van der Waals surface area contributed by atoms with Crippen molar-refractivity contribution in [2.75, 3.05) is 23.5 Å². The van der Waals surface area contributed by atoms with Crippen LogP contribution in [0.1, 0.15) is 35.2 Å². The van der Waals surface area contributed by atoms with Gasteiger partial charge in [0.2, 0.25) is 5.96 Å². The number of rotatable bonds is 5. The molecule has 1 aliphatic carbocycles. The Morgan fingerprint density at radius 3 is 2.51 bits per heavy atom. The number of hydrogen-bond donors (Lipinski definition) is 1. The van der Waals surface area contributed by atoms with Gasteiger partial charge in [-0.25, -0.2) is 18.1 Å². The second-order valence-corrected chi connectivity index (χ2v) is 11.4. The van der Waals surface area contributed by atoms with Crippen LogP contribution in [0.4, 0.5) is 17.3 Å². The molecule has 6 rings (SSSR count). The number of guanidine groups is 1. The van der Waals surface area contributed by atoms with Gasteiger partial charge in [0.25, 0.3) is 5.91 Å². The first kappa shape index (κ1) is 21.8. The fraction of sp³-hybridized carbons (Fsp3) is 0.320. The third kappa shape index (κ3) is 3.59. The first-order valence-corrected chi connectivity index (χ1v) is 13.6. The lowest BCUT2D eigenvalue weighted by Gasteiger charge is -2.34. The van der Waals surface area contributed by atoms with Crippen LogP contribution in [-0.4, -0.2) is 60.4 Å². The Labute approximate surface area is 204 Å². The highest BCUT2D eigenvalue weighted by atomic mass is 32.2. The average molecular weight is 491 g/mol. The SMILES string of the molecule is CN1C(=O)c2c(nn(Cc3ccc(S(C)(=O)=O)cc3)c2Nc2ccccc2)N2C1=NC1CCCC12. The van der Waals surface area contributed by atoms with Gasteiger partial charge < -0.3 is 5.32 Å². The van der Waals surface area contributed by atoms with Crippen molar-refractivity contribution in [3.63, 3.8) is 0 Å². The lowest BCUT2D eigenvalue weighted by atomic mass is 10.1. The predicted octanol–water partition coefficient (Wildman–Crippen LogP) is 3.26. The van der Waals surface area contributed by atoms with E-state index in [4.69, 9.17) is 10.1 Å². The van der Waals surface area contributed by atoms with Crippen LogP contribution >= 0.6 is 0 Å². The van der Waals surface area contributed by atoms with Crippen molar-refractivity contribution < 1.29 is 13.2 Å². The Morgan fingerprint density at radius 2 is 1.80 bits per heavy atom. The number of nitrogens with one attached hydrogen (secondary N) is 1. The monoisotopic (exact) mass is 490 g/mol. The predicted molar refractivity (Wildman–Crippen MR) is 134 cm³/mol. The minimum Gasteiger partial charge on any atom is -0.340 e. The van der Waals surface area contributed by atoms with Crippen LogP contribution in [-0.2, 0) is 16.4 Å². The number of aliphatic imine (C=N–C) groups is 1. The van der Waals surface area contributed by atoms with Crippen LogP contribution in [0.15, 0.2) is 64.5 Å². The van der Waals surface area contributed by atoms with Gasteiger partial charge in [-0.3, -0.25) is 14.6 Å². The van der Waals surface area contributed by atoms with Crippen LogP contribution < -0.4 is 10.2 Å². The standard InChI is InChI=1S/C25H26N6O3S/c1-29-24(32)21-22(26-17-7-4-3-5-8-17)30(15-16-11-13-18(14-12-16)35(2,33)34)28-23(21)31-20-10-6-9-19(20)27-25(29)31/h3-5,7-8,11-14,19-20,26H,6,9-10,15H2,1-2H3. The molecule has 2 aromatic carbocycles. The van der Waals surface area contributed by atoms with Crippen molar-refractivity contribution in [3.05, 3.63) is 65.7 Å². The Kier molecular flexibility index (Phi) is 4.96. The minimum absolute atomic E-state index is 0.146. The third-order valence-electron chi connectivity index (χ3n) is 6.97. The van der Waals surface area contributed by atoms with Gasteiger partial charge >= 0.3 is 0 Å². The second kappa shape index (κ2) is 7.94.